The van der Waals surface area contributed by atoms with E-state index in [4.69, 9.17) is 0 Å². The third kappa shape index (κ3) is 27.8. The molecule has 2 amide bonds. The second-order valence-corrected chi connectivity index (χ2v) is 14.4. The Hall–Kier alpha value is -1.46. The second kappa shape index (κ2) is 29.3. The van der Waals surface area contributed by atoms with Crippen LogP contribution in [0.1, 0.15) is 135 Å². The van der Waals surface area contributed by atoms with E-state index in [1.807, 2.05) is 6.92 Å². The quantitative estimate of drug-likeness (QED) is 0.0468. The molecule has 0 aliphatic heterocycles. The van der Waals surface area contributed by atoms with Crippen LogP contribution in [0.15, 0.2) is 0 Å². The first-order valence-electron chi connectivity index (χ1n) is 16.6. The SMILES string of the molecule is CCCCC(=O)NC(CCSSCCC(NC(=O)CCCCCCCCCCCCCCCCN(C)C)C(=O)O)C(=O)O. The molecule has 0 radical (unpaired) electrons. The Labute approximate surface area is 269 Å². The van der Waals surface area contributed by atoms with Gasteiger partial charge in [0.25, 0.3) is 0 Å². The molecule has 0 aromatic heterocycles. The fourth-order valence-electron chi connectivity index (χ4n) is 4.67. The number of carboxylic acids is 2. The number of hydrogen-bond acceptors (Lipinski definition) is 7. The molecule has 252 valence electrons. The summed E-state index contributed by atoms with van der Waals surface area (Å²) in [6.07, 6.45) is 20.2. The predicted molar refractivity (Wildman–Crippen MR) is 181 cm³/mol. The van der Waals surface area contributed by atoms with Crippen LogP contribution in [-0.2, 0) is 19.2 Å². The van der Waals surface area contributed by atoms with Gasteiger partial charge in [-0.2, -0.15) is 0 Å². The Morgan fingerprint density at radius 1 is 0.581 bits per heavy atom. The van der Waals surface area contributed by atoms with Crippen molar-refractivity contribution >= 4 is 45.3 Å². The van der Waals surface area contributed by atoms with Gasteiger partial charge >= 0.3 is 11.9 Å². The Bertz CT molecular complexity index is 742. The van der Waals surface area contributed by atoms with Crippen molar-refractivity contribution in [2.45, 2.75) is 147 Å². The van der Waals surface area contributed by atoms with Crippen LogP contribution < -0.4 is 10.6 Å². The van der Waals surface area contributed by atoms with Crippen molar-refractivity contribution in [1.29, 1.82) is 0 Å². The highest BCUT2D eigenvalue weighted by molar-refractivity contribution is 8.76. The zero-order valence-corrected chi connectivity index (χ0v) is 28.8. The highest BCUT2D eigenvalue weighted by atomic mass is 33.1. The molecule has 11 heteroatoms. The van der Waals surface area contributed by atoms with Crippen LogP contribution >= 0.6 is 21.6 Å². The summed E-state index contributed by atoms with van der Waals surface area (Å²) in [4.78, 5) is 49.3. The molecule has 0 aromatic carbocycles. The molecule has 0 aliphatic rings. The zero-order chi connectivity index (χ0) is 32.1. The van der Waals surface area contributed by atoms with E-state index in [9.17, 15) is 29.4 Å². The molecule has 0 heterocycles. The van der Waals surface area contributed by atoms with Crippen molar-refractivity contribution in [2.75, 3.05) is 32.1 Å². The highest BCUT2D eigenvalue weighted by Gasteiger charge is 2.21. The molecule has 0 rings (SSSR count). The number of nitrogens with one attached hydrogen (secondary N) is 2. The minimum atomic E-state index is -1.05. The van der Waals surface area contributed by atoms with Crippen molar-refractivity contribution in [3.8, 4) is 0 Å². The lowest BCUT2D eigenvalue weighted by atomic mass is 10.0. The highest BCUT2D eigenvalue weighted by Crippen LogP contribution is 2.24. The van der Waals surface area contributed by atoms with Gasteiger partial charge in [-0.25, -0.2) is 9.59 Å². The van der Waals surface area contributed by atoms with E-state index in [0.717, 1.165) is 32.1 Å². The number of rotatable bonds is 31. The monoisotopic (exact) mass is 647 g/mol. The van der Waals surface area contributed by atoms with Crippen molar-refractivity contribution < 1.29 is 29.4 Å². The number of amides is 2. The minimum Gasteiger partial charge on any atom is -0.480 e. The normalized spacial score (nSPS) is 12.7. The minimum absolute atomic E-state index is 0.217. The van der Waals surface area contributed by atoms with Crippen LogP contribution in [0.5, 0.6) is 0 Å². The molecule has 4 N–H and O–H groups in total. The smallest absolute Gasteiger partial charge is 0.326 e. The largest absolute Gasteiger partial charge is 0.480 e. The number of aliphatic carboxylic acids is 2. The lowest BCUT2D eigenvalue weighted by molar-refractivity contribution is -0.142. The van der Waals surface area contributed by atoms with E-state index >= 15 is 0 Å². The predicted octanol–water partition coefficient (Wildman–Crippen LogP) is 6.89. The molecule has 9 nitrogen and oxygen atoms in total. The summed E-state index contributed by atoms with van der Waals surface area (Å²) >= 11 is 0. The van der Waals surface area contributed by atoms with E-state index in [-0.39, 0.29) is 11.8 Å². The van der Waals surface area contributed by atoms with E-state index in [2.05, 4.69) is 29.6 Å². The van der Waals surface area contributed by atoms with Crippen LogP contribution in [0.2, 0.25) is 0 Å². The molecule has 0 saturated heterocycles. The van der Waals surface area contributed by atoms with Gasteiger partial charge in [-0.15, -0.1) is 0 Å². The summed E-state index contributed by atoms with van der Waals surface area (Å²) in [5, 5.41) is 24.0. The number of unbranched alkanes of at least 4 members (excludes halogenated alkanes) is 14. The molecule has 0 bridgehead atoms. The average Bonchev–Trinajstić information content (AvgIpc) is 2.95. The molecular formula is C32H61N3O6S2. The Morgan fingerprint density at radius 2 is 0.930 bits per heavy atom. The average molecular weight is 648 g/mol. The molecule has 2 atom stereocenters. The third-order valence-corrected chi connectivity index (χ3v) is 9.82. The molecule has 43 heavy (non-hydrogen) atoms. The fraction of sp³-hybridized carbons (Fsp3) is 0.875. The molecule has 0 aromatic rings. The maximum atomic E-state index is 12.3. The molecule has 0 aliphatic carbocycles. The van der Waals surface area contributed by atoms with Gasteiger partial charge in [-0.3, -0.25) is 9.59 Å². The lowest BCUT2D eigenvalue weighted by Gasteiger charge is -2.15. The molecule has 0 fully saturated rings. The maximum absolute atomic E-state index is 12.3. The summed E-state index contributed by atoms with van der Waals surface area (Å²) in [5.41, 5.74) is 0. The van der Waals surface area contributed by atoms with Crippen LogP contribution in [-0.4, -0.2) is 83.1 Å². The van der Waals surface area contributed by atoms with Gasteiger partial charge < -0.3 is 25.7 Å². The van der Waals surface area contributed by atoms with E-state index < -0.39 is 24.0 Å². The van der Waals surface area contributed by atoms with Gasteiger partial charge in [0.1, 0.15) is 12.1 Å². The first kappa shape index (κ1) is 41.5. The maximum Gasteiger partial charge on any atom is 0.326 e. The van der Waals surface area contributed by atoms with Crippen LogP contribution in [0.4, 0.5) is 0 Å². The van der Waals surface area contributed by atoms with Gasteiger partial charge in [-0.1, -0.05) is 112 Å². The number of carbonyl (C=O) groups is 4. The standard InChI is InChI=1S/C32H61N3O6S2/c1-4-5-20-29(36)33-27(31(38)39)22-25-42-43-26-23-28(32(40)41)34-30(37)21-18-16-14-12-10-8-6-7-9-11-13-15-17-19-24-35(2)3/h27-28H,4-26H2,1-3H3,(H,33,36)(H,34,37)(H,38,39)(H,40,41). The summed E-state index contributed by atoms with van der Waals surface area (Å²) in [6, 6.07) is -1.84. The number of carbonyl (C=O) groups excluding carboxylic acids is 2. The first-order valence-corrected chi connectivity index (χ1v) is 19.1. The summed E-state index contributed by atoms with van der Waals surface area (Å²) in [6.45, 7) is 3.17. The van der Waals surface area contributed by atoms with Gasteiger partial charge in [0.05, 0.1) is 0 Å². The Kier molecular flexibility index (Phi) is 28.3. The summed E-state index contributed by atoms with van der Waals surface area (Å²) < 4.78 is 0. The number of carboxylic acid groups (broad SMARTS) is 2. The van der Waals surface area contributed by atoms with Crippen molar-refractivity contribution in [3.63, 3.8) is 0 Å². The summed E-state index contributed by atoms with van der Waals surface area (Å²) in [5.74, 6) is -1.54. The Morgan fingerprint density at radius 3 is 1.28 bits per heavy atom. The number of nitrogens with zero attached hydrogens (tertiary/aromatic N) is 1. The molecule has 0 saturated carbocycles. The fourth-order valence-corrected chi connectivity index (χ4v) is 6.85. The topological polar surface area (TPSA) is 136 Å². The zero-order valence-electron chi connectivity index (χ0n) is 27.2. The first-order chi connectivity index (χ1) is 20.7. The third-order valence-electron chi connectivity index (χ3n) is 7.35. The van der Waals surface area contributed by atoms with Crippen LogP contribution in [0.3, 0.4) is 0 Å². The van der Waals surface area contributed by atoms with E-state index in [0.29, 0.717) is 37.2 Å². The van der Waals surface area contributed by atoms with E-state index in [1.165, 1.54) is 98.8 Å². The van der Waals surface area contributed by atoms with Gasteiger partial charge in [0.2, 0.25) is 11.8 Å². The van der Waals surface area contributed by atoms with Crippen molar-refractivity contribution in [1.82, 2.24) is 15.5 Å². The molecular weight excluding hydrogens is 587 g/mol. The van der Waals surface area contributed by atoms with Crippen molar-refractivity contribution in [2.24, 2.45) is 0 Å². The van der Waals surface area contributed by atoms with Crippen LogP contribution in [0, 0.1) is 0 Å². The Balaban J connectivity index is 3.78. The lowest BCUT2D eigenvalue weighted by Crippen LogP contribution is -2.41. The molecule has 2 unspecified atom stereocenters. The van der Waals surface area contributed by atoms with Crippen molar-refractivity contribution in [3.05, 3.63) is 0 Å². The number of hydrogen-bond donors (Lipinski definition) is 4. The van der Waals surface area contributed by atoms with Gasteiger partial charge in [-0.05, 0) is 52.7 Å². The molecule has 0 spiro atoms. The van der Waals surface area contributed by atoms with Gasteiger partial charge in [0, 0.05) is 24.3 Å². The second-order valence-electron chi connectivity index (χ2n) is 11.7. The summed E-state index contributed by atoms with van der Waals surface area (Å²) in [7, 11) is 7.16. The van der Waals surface area contributed by atoms with E-state index in [1.54, 1.807) is 0 Å². The van der Waals surface area contributed by atoms with Crippen LogP contribution in [0.25, 0.3) is 0 Å². The van der Waals surface area contributed by atoms with Gasteiger partial charge in [0.15, 0.2) is 0 Å².